The largest absolute Gasteiger partial charge is 0.428 e. The van der Waals surface area contributed by atoms with Gasteiger partial charge < -0.3 is 10.2 Å². The zero-order valence-electron chi connectivity index (χ0n) is 11.0. The third-order valence-electron chi connectivity index (χ3n) is 3.81. The van der Waals surface area contributed by atoms with E-state index in [0.717, 1.165) is 25.4 Å². The van der Waals surface area contributed by atoms with Crippen LogP contribution in [0.3, 0.4) is 0 Å². The number of piperidine rings is 1. The van der Waals surface area contributed by atoms with Crippen LogP contribution in [0.25, 0.3) is 0 Å². The number of aromatic nitrogens is 1. The smallest absolute Gasteiger partial charge is 0.292 e. The van der Waals surface area contributed by atoms with E-state index in [2.05, 4.69) is 40.2 Å². The molecular formula is C15H19N3O. The Balaban J connectivity index is 1.55. The van der Waals surface area contributed by atoms with Crippen LogP contribution in [0, 0.1) is 0 Å². The Morgan fingerprint density at radius 2 is 1.95 bits per heavy atom. The van der Waals surface area contributed by atoms with Gasteiger partial charge in [0.05, 0.1) is 12.7 Å². The number of nitrogen functional groups attached to an aromatic ring is 1. The van der Waals surface area contributed by atoms with E-state index in [4.69, 9.17) is 10.2 Å². The fraction of sp³-hybridized carbons (Fsp3) is 0.400. The summed E-state index contributed by atoms with van der Waals surface area (Å²) in [6, 6.07) is 11.1. The number of hydrogen-bond acceptors (Lipinski definition) is 4. The highest BCUT2D eigenvalue weighted by molar-refractivity contribution is 5.20. The maximum atomic E-state index is 5.49. The molecule has 1 fully saturated rings. The molecule has 0 amide bonds. The number of nitrogens with zero attached hydrogens (tertiary/aromatic N) is 2. The molecule has 4 nitrogen and oxygen atoms in total. The Morgan fingerprint density at radius 1 is 1.21 bits per heavy atom. The molecule has 2 N–H and O–H groups in total. The first kappa shape index (κ1) is 12.2. The van der Waals surface area contributed by atoms with Crippen molar-refractivity contribution in [3.8, 4) is 0 Å². The van der Waals surface area contributed by atoms with E-state index in [1.807, 2.05) is 0 Å². The SMILES string of the molecule is Nc1ncc(CN2CCC(c3ccccc3)CC2)o1. The molecule has 2 aromatic rings. The van der Waals surface area contributed by atoms with Gasteiger partial charge in [0, 0.05) is 0 Å². The first-order chi connectivity index (χ1) is 9.31. The molecule has 0 unspecified atom stereocenters. The summed E-state index contributed by atoms with van der Waals surface area (Å²) in [5.41, 5.74) is 6.95. The number of nitrogens with two attached hydrogens (primary N) is 1. The number of likely N-dealkylation sites (tertiary alicyclic amines) is 1. The van der Waals surface area contributed by atoms with Gasteiger partial charge in [0.25, 0.3) is 6.01 Å². The molecule has 0 bridgehead atoms. The van der Waals surface area contributed by atoms with Gasteiger partial charge in [-0.15, -0.1) is 0 Å². The van der Waals surface area contributed by atoms with Gasteiger partial charge in [-0.3, -0.25) is 4.90 Å². The van der Waals surface area contributed by atoms with E-state index in [1.165, 1.54) is 18.4 Å². The summed E-state index contributed by atoms with van der Waals surface area (Å²) in [4.78, 5) is 6.33. The third kappa shape index (κ3) is 2.96. The molecule has 1 aromatic carbocycles. The molecule has 0 atom stereocenters. The van der Waals surface area contributed by atoms with Crippen molar-refractivity contribution in [3.05, 3.63) is 47.9 Å². The lowest BCUT2D eigenvalue weighted by atomic mass is 9.89. The molecule has 1 aromatic heterocycles. The van der Waals surface area contributed by atoms with Crippen LogP contribution in [0.1, 0.15) is 30.1 Å². The predicted molar refractivity (Wildman–Crippen MR) is 74.6 cm³/mol. The van der Waals surface area contributed by atoms with Crippen molar-refractivity contribution in [3.63, 3.8) is 0 Å². The van der Waals surface area contributed by atoms with Crippen LogP contribution in [-0.4, -0.2) is 23.0 Å². The van der Waals surface area contributed by atoms with Gasteiger partial charge in [0.1, 0.15) is 5.76 Å². The highest BCUT2D eigenvalue weighted by atomic mass is 16.4. The number of oxazole rings is 1. The summed E-state index contributed by atoms with van der Waals surface area (Å²) in [5.74, 6) is 1.55. The second kappa shape index (κ2) is 5.45. The van der Waals surface area contributed by atoms with Gasteiger partial charge in [-0.2, -0.15) is 0 Å². The van der Waals surface area contributed by atoms with Crippen molar-refractivity contribution in [2.75, 3.05) is 18.8 Å². The molecule has 1 aliphatic heterocycles. The molecule has 0 radical (unpaired) electrons. The summed E-state index contributed by atoms with van der Waals surface area (Å²) in [6.45, 7) is 3.01. The van der Waals surface area contributed by atoms with Gasteiger partial charge in [0.2, 0.25) is 0 Å². The van der Waals surface area contributed by atoms with Gasteiger partial charge >= 0.3 is 0 Å². The van der Waals surface area contributed by atoms with Crippen molar-refractivity contribution in [2.24, 2.45) is 0 Å². The predicted octanol–water partition coefficient (Wildman–Crippen LogP) is 2.64. The van der Waals surface area contributed by atoms with Gasteiger partial charge in [-0.25, -0.2) is 4.98 Å². The zero-order valence-corrected chi connectivity index (χ0v) is 11.0. The van der Waals surface area contributed by atoms with Crippen LogP contribution in [0.4, 0.5) is 6.01 Å². The monoisotopic (exact) mass is 257 g/mol. The molecule has 1 aliphatic rings. The molecule has 2 heterocycles. The minimum absolute atomic E-state index is 0.258. The molecule has 0 aliphatic carbocycles. The van der Waals surface area contributed by atoms with E-state index in [1.54, 1.807) is 6.20 Å². The summed E-state index contributed by atoms with van der Waals surface area (Å²) in [5, 5.41) is 0. The average Bonchev–Trinajstić information content (AvgIpc) is 2.86. The molecular weight excluding hydrogens is 238 g/mol. The molecule has 4 heteroatoms. The highest BCUT2D eigenvalue weighted by Gasteiger charge is 2.21. The molecule has 19 heavy (non-hydrogen) atoms. The Bertz CT molecular complexity index is 515. The second-order valence-electron chi connectivity index (χ2n) is 5.13. The lowest BCUT2D eigenvalue weighted by Gasteiger charge is -2.31. The van der Waals surface area contributed by atoms with Crippen molar-refractivity contribution >= 4 is 6.01 Å². The lowest BCUT2D eigenvalue weighted by Crippen LogP contribution is -2.32. The number of anilines is 1. The first-order valence-electron chi connectivity index (χ1n) is 6.79. The highest BCUT2D eigenvalue weighted by Crippen LogP contribution is 2.28. The molecule has 3 rings (SSSR count). The lowest BCUT2D eigenvalue weighted by molar-refractivity contribution is 0.191. The normalized spacial score (nSPS) is 17.7. The van der Waals surface area contributed by atoms with Crippen LogP contribution in [0.5, 0.6) is 0 Å². The van der Waals surface area contributed by atoms with Crippen LogP contribution in [-0.2, 0) is 6.54 Å². The quantitative estimate of drug-likeness (QED) is 0.918. The van der Waals surface area contributed by atoms with Crippen LogP contribution in [0.15, 0.2) is 40.9 Å². The minimum atomic E-state index is 0.258. The standard InChI is InChI=1S/C15H19N3O/c16-15-17-10-14(19-15)11-18-8-6-13(7-9-18)12-4-2-1-3-5-12/h1-5,10,13H,6-9,11H2,(H2,16,17). The topological polar surface area (TPSA) is 55.3 Å². The number of hydrogen-bond donors (Lipinski definition) is 1. The van der Waals surface area contributed by atoms with E-state index in [-0.39, 0.29) is 6.01 Å². The Hall–Kier alpha value is -1.81. The fourth-order valence-corrected chi connectivity index (χ4v) is 2.77. The maximum absolute atomic E-state index is 5.49. The summed E-state index contributed by atoms with van der Waals surface area (Å²) < 4.78 is 5.32. The minimum Gasteiger partial charge on any atom is -0.428 e. The van der Waals surface area contributed by atoms with Crippen molar-refractivity contribution < 1.29 is 4.42 Å². The Kier molecular flexibility index (Phi) is 3.51. The Labute approximate surface area is 113 Å². The van der Waals surface area contributed by atoms with Gasteiger partial charge in [0.15, 0.2) is 0 Å². The third-order valence-corrected chi connectivity index (χ3v) is 3.81. The summed E-state index contributed by atoms with van der Waals surface area (Å²) >= 11 is 0. The summed E-state index contributed by atoms with van der Waals surface area (Å²) in [6.07, 6.45) is 4.12. The van der Waals surface area contributed by atoms with E-state index < -0.39 is 0 Å². The molecule has 0 saturated carbocycles. The van der Waals surface area contributed by atoms with Crippen LogP contribution in [0.2, 0.25) is 0 Å². The molecule has 100 valence electrons. The van der Waals surface area contributed by atoms with Gasteiger partial charge in [-0.1, -0.05) is 30.3 Å². The molecule has 0 spiro atoms. The van der Waals surface area contributed by atoms with E-state index in [0.29, 0.717) is 5.92 Å². The van der Waals surface area contributed by atoms with Crippen molar-refractivity contribution in [1.82, 2.24) is 9.88 Å². The van der Waals surface area contributed by atoms with Crippen LogP contribution >= 0.6 is 0 Å². The van der Waals surface area contributed by atoms with Crippen molar-refractivity contribution in [1.29, 1.82) is 0 Å². The number of benzene rings is 1. The van der Waals surface area contributed by atoms with Crippen LogP contribution < -0.4 is 5.73 Å². The first-order valence-corrected chi connectivity index (χ1v) is 6.79. The van der Waals surface area contributed by atoms with E-state index in [9.17, 15) is 0 Å². The maximum Gasteiger partial charge on any atom is 0.292 e. The summed E-state index contributed by atoms with van der Waals surface area (Å²) in [7, 11) is 0. The second-order valence-corrected chi connectivity index (χ2v) is 5.13. The zero-order chi connectivity index (χ0) is 13.1. The van der Waals surface area contributed by atoms with Crippen molar-refractivity contribution in [2.45, 2.75) is 25.3 Å². The Morgan fingerprint density at radius 3 is 2.58 bits per heavy atom. The van der Waals surface area contributed by atoms with Gasteiger partial charge in [-0.05, 0) is 37.4 Å². The average molecular weight is 257 g/mol. The molecule has 1 saturated heterocycles. The number of rotatable bonds is 3. The fourth-order valence-electron chi connectivity index (χ4n) is 2.77. The van der Waals surface area contributed by atoms with E-state index >= 15 is 0 Å².